The molecule has 0 saturated heterocycles. The number of nitrogens with one attached hydrogen (secondary N) is 1. The molecule has 0 bridgehead atoms. The Kier molecular flexibility index (Phi) is 8.22. The van der Waals surface area contributed by atoms with Gasteiger partial charge < -0.3 is 10.4 Å². The molecule has 0 spiro atoms. The highest BCUT2D eigenvalue weighted by molar-refractivity contribution is 5.03. The summed E-state index contributed by atoms with van der Waals surface area (Å²) < 4.78 is 0. The Labute approximate surface area is 132 Å². The van der Waals surface area contributed by atoms with Crippen LogP contribution in [0.4, 0.5) is 0 Å². The molecule has 0 aromatic carbocycles. The number of aliphatic hydroxyl groups excluding tert-OH is 1. The maximum absolute atomic E-state index is 10.1. The highest BCUT2D eigenvalue weighted by Gasteiger charge is 2.45. The van der Waals surface area contributed by atoms with E-state index in [1.807, 2.05) is 0 Å². The second-order valence-electron chi connectivity index (χ2n) is 7.31. The lowest BCUT2D eigenvalue weighted by atomic mass is 9.91. The quantitative estimate of drug-likeness (QED) is 0.580. The lowest BCUT2D eigenvalue weighted by Gasteiger charge is -2.42. The average Bonchev–Trinajstić information content (AvgIpc) is 3.29. The third-order valence-electron chi connectivity index (χ3n) is 4.91. The molecule has 1 rings (SSSR count). The van der Waals surface area contributed by atoms with Crippen LogP contribution in [0.15, 0.2) is 0 Å². The minimum atomic E-state index is -0.0759. The molecule has 0 aromatic rings. The van der Waals surface area contributed by atoms with Crippen LogP contribution in [-0.2, 0) is 0 Å². The van der Waals surface area contributed by atoms with Crippen LogP contribution in [0.3, 0.4) is 0 Å². The molecule has 3 heteroatoms. The van der Waals surface area contributed by atoms with Gasteiger partial charge in [-0.3, -0.25) is 4.90 Å². The highest BCUT2D eigenvalue weighted by atomic mass is 16.3. The normalized spacial score (nSPS) is 18.7. The summed E-state index contributed by atoms with van der Waals surface area (Å²) in [5, 5.41) is 13.8. The predicted octanol–water partition coefficient (Wildman–Crippen LogP) is 3.27. The third-order valence-corrected chi connectivity index (χ3v) is 4.91. The molecular formula is C18H38N2O. The zero-order valence-corrected chi connectivity index (χ0v) is 15.0. The van der Waals surface area contributed by atoms with Crippen LogP contribution in [0.5, 0.6) is 0 Å². The van der Waals surface area contributed by atoms with Gasteiger partial charge in [0.05, 0.1) is 12.1 Å². The highest BCUT2D eigenvalue weighted by Crippen LogP contribution is 2.40. The van der Waals surface area contributed by atoms with E-state index < -0.39 is 0 Å². The Hall–Kier alpha value is -0.120. The molecule has 0 heterocycles. The van der Waals surface area contributed by atoms with Gasteiger partial charge in [-0.1, -0.05) is 34.6 Å². The van der Waals surface area contributed by atoms with Crippen LogP contribution in [0.1, 0.15) is 66.7 Å². The summed E-state index contributed by atoms with van der Waals surface area (Å²) in [7, 11) is 0. The summed E-state index contributed by atoms with van der Waals surface area (Å²) in [5.74, 6) is 1.34. The first kappa shape index (κ1) is 18.9. The third kappa shape index (κ3) is 5.54. The molecule has 21 heavy (non-hydrogen) atoms. The van der Waals surface area contributed by atoms with Crippen molar-refractivity contribution in [2.75, 3.05) is 26.2 Å². The van der Waals surface area contributed by atoms with E-state index in [1.54, 1.807) is 0 Å². The molecule has 1 aliphatic carbocycles. The second-order valence-corrected chi connectivity index (χ2v) is 7.31. The smallest absolute Gasteiger partial charge is 0.0628 e. The van der Waals surface area contributed by atoms with E-state index >= 15 is 0 Å². The van der Waals surface area contributed by atoms with Crippen molar-refractivity contribution in [1.82, 2.24) is 10.2 Å². The molecule has 1 fully saturated rings. The molecule has 1 aliphatic rings. The fourth-order valence-corrected chi connectivity index (χ4v) is 3.55. The monoisotopic (exact) mass is 298 g/mol. The molecular weight excluding hydrogens is 260 g/mol. The lowest BCUT2D eigenvalue weighted by molar-refractivity contribution is 0.0603. The fraction of sp³-hybridized carbons (Fsp3) is 1.00. The van der Waals surface area contributed by atoms with Crippen LogP contribution in [0.2, 0.25) is 0 Å². The number of hydrogen-bond acceptors (Lipinski definition) is 3. The van der Waals surface area contributed by atoms with Crippen LogP contribution in [0, 0.1) is 11.8 Å². The minimum Gasteiger partial charge on any atom is -0.394 e. The van der Waals surface area contributed by atoms with Gasteiger partial charge in [0.25, 0.3) is 0 Å². The summed E-state index contributed by atoms with van der Waals surface area (Å²) in [6, 6.07) is 0.639. The van der Waals surface area contributed by atoms with Crippen molar-refractivity contribution in [3.05, 3.63) is 0 Å². The van der Waals surface area contributed by atoms with Crippen molar-refractivity contribution in [2.24, 2.45) is 11.8 Å². The Balaban J connectivity index is 2.83. The first-order valence-electron chi connectivity index (χ1n) is 9.12. The summed E-state index contributed by atoms with van der Waals surface area (Å²) >= 11 is 0. The van der Waals surface area contributed by atoms with Crippen molar-refractivity contribution >= 4 is 0 Å². The molecule has 0 amide bonds. The zero-order valence-electron chi connectivity index (χ0n) is 15.0. The Bertz CT molecular complexity index is 274. The molecule has 0 aromatic heterocycles. The topological polar surface area (TPSA) is 35.5 Å². The average molecular weight is 299 g/mol. The molecule has 3 nitrogen and oxygen atoms in total. The SMILES string of the molecule is CCCNC(CO)(CN(CC(C)C)C(CC)CC)C1CC1. The molecule has 2 N–H and O–H groups in total. The first-order chi connectivity index (χ1) is 10.0. The Morgan fingerprint density at radius 3 is 2.19 bits per heavy atom. The molecule has 1 saturated carbocycles. The number of rotatable bonds is 12. The maximum atomic E-state index is 10.1. The Morgan fingerprint density at radius 2 is 1.81 bits per heavy atom. The minimum absolute atomic E-state index is 0.0759. The zero-order chi connectivity index (χ0) is 15.9. The summed E-state index contributed by atoms with van der Waals surface area (Å²) in [6.07, 6.45) is 6.07. The van der Waals surface area contributed by atoms with Gasteiger partial charge in [0.1, 0.15) is 0 Å². The molecule has 1 atom stereocenters. The van der Waals surface area contributed by atoms with Gasteiger partial charge in [0.15, 0.2) is 0 Å². The molecule has 126 valence electrons. The van der Waals surface area contributed by atoms with E-state index in [4.69, 9.17) is 0 Å². The first-order valence-corrected chi connectivity index (χ1v) is 9.12. The molecule has 0 radical (unpaired) electrons. The van der Waals surface area contributed by atoms with Gasteiger partial charge in [-0.05, 0) is 50.5 Å². The number of aliphatic hydroxyl groups is 1. The maximum Gasteiger partial charge on any atom is 0.0628 e. The predicted molar refractivity (Wildman–Crippen MR) is 91.6 cm³/mol. The number of nitrogens with zero attached hydrogens (tertiary/aromatic N) is 1. The van der Waals surface area contributed by atoms with E-state index in [0.29, 0.717) is 17.9 Å². The van der Waals surface area contributed by atoms with Gasteiger partial charge in [-0.15, -0.1) is 0 Å². The number of hydrogen-bond donors (Lipinski definition) is 2. The standard InChI is InChI=1S/C18H38N2O/c1-6-11-19-18(14-21,16-9-10-16)13-20(12-15(4)5)17(7-2)8-3/h15-17,19,21H,6-14H2,1-5H3. The van der Waals surface area contributed by atoms with E-state index in [0.717, 1.165) is 26.1 Å². The summed E-state index contributed by atoms with van der Waals surface area (Å²) in [5.41, 5.74) is -0.0759. The van der Waals surface area contributed by atoms with E-state index in [9.17, 15) is 5.11 Å². The molecule has 0 aliphatic heterocycles. The van der Waals surface area contributed by atoms with Crippen LogP contribution >= 0.6 is 0 Å². The largest absolute Gasteiger partial charge is 0.394 e. The van der Waals surface area contributed by atoms with E-state index in [1.165, 1.54) is 25.7 Å². The summed E-state index contributed by atoms with van der Waals surface area (Å²) in [4.78, 5) is 2.64. The van der Waals surface area contributed by atoms with Gasteiger partial charge >= 0.3 is 0 Å². The molecule has 1 unspecified atom stereocenters. The van der Waals surface area contributed by atoms with E-state index in [-0.39, 0.29) is 12.1 Å². The lowest BCUT2D eigenvalue weighted by Crippen LogP contribution is -2.60. The second kappa shape index (κ2) is 9.12. The van der Waals surface area contributed by atoms with Crippen molar-refractivity contribution in [1.29, 1.82) is 0 Å². The van der Waals surface area contributed by atoms with Crippen LogP contribution in [-0.4, -0.2) is 47.8 Å². The van der Waals surface area contributed by atoms with Gasteiger partial charge in [0.2, 0.25) is 0 Å². The van der Waals surface area contributed by atoms with Crippen LogP contribution < -0.4 is 5.32 Å². The van der Waals surface area contributed by atoms with Crippen molar-refractivity contribution < 1.29 is 5.11 Å². The van der Waals surface area contributed by atoms with E-state index in [2.05, 4.69) is 44.8 Å². The van der Waals surface area contributed by atoms with Gasteiger partial charge in [-0.2, -0.15) is 0 Å². The van der Waals surface area contributed by atoms with Gasteiger partial charge in [0, 0.05) is 19.1 Å². The van der Waals surface area contributed by atoms with Crippen molar-refractivity contribution in [3.8, 4) is 0 Å². The Morgan fingerprint density at radius 1 is 1.19 bits per heavy atom. The van der Waals surface area contributed by atoms with Crippen LogP contribution in [0.25, 0.3) is 0 Å². The van der Waals surface area contributed by atoms with Crippen molar-refractivity contribution in [2.45, 2.75) is 78.3 Å². The fourth-order valence-electron chi connectivity index (χ4n) is 3.55. The van der Waals surface area contributed by atoms with Gasteiger partial charge in [-0.25, -0.2) is 0 Å². The van der Waals surface area contributed by atoms with Crippen molar-refractivity contribution in [3.63, 3.8) is 0 Å². The summed E-state index contributed by atoms with van der Waals surface area (Å²) in [6.45, 7) is 14.8.